The number of carbonyl (C=O) groups excluding carboxylic acids is 1. The molecule has 9 heteroatoms. The van der Waals surface area contributed by atoms with E-state index in [-0.39, 0.29) is 12.1 Å². The van der Waals surface area contributed by atoms with Crippen LogP contribution in [0.4, 0.5) is 4.39 Å². The number of rotatable bonds is 8. The molecule has 6 rings (SSSR count). The molecule has 0 radical (unpaired) electrons. The van der Waals surface area contributed by atoms with Crippen LogP contribution >= 0.6 is 11.3 Å². The average molecular weight is 566 g/mol. The second-order valence-electron chi connectivity index (χ2n) is 10.0. The second kappa shape index (κ2) is 10.6. The van der Waals surface area contributed by atoms with Crippen molar-refractivity contribution in [3.05, 3.63) is 121 Å². The van der Waals surface area contributed by atoms with Crippen LogP contribution in [0, 0.1) is 17.1 Å². The van der Waals surface area contributed by atoms with Gasteiger partial charge in [0.15, 0.2) is 5.78 Å². The lowest BCUT2D eigenvalue weighted by Crippen LogP contribution is -2.41. The van der Waals surface area contributed by atoms with E-state index in [1.807, 2.05) is 6.07 Å². The van der Waals surface area contributed by atoms with Crippen LogP contribution in [0.1, 0.15) is 45.1 Å². The highest BCUT2D eigenvalue weighted by Gasteiger charge is 2.28. The molecule has 5 aromatic rings. The standard InChI is InChI=1S/C32H24FN3O4S/c1-40-24-12-10-19(11-13-24)28(37)18-35-30(38)26-15-29(20-6-7-20)41-31(26)36(32(35)39)17-23-9-8-21(14-27(23)33)25-5-3-2-4-22(25)16-34/h2-5,8-15,20H,6-7,17-18H2,1H3. The van der Waals surface area contributed by atoms with Crippen molar-refractivity contribution in [1.29, 1.82) is 5.26 Å². The number of aromatic nitrogens is 2. The third kappa shape index (κ3) is 4.98. The second-order valence-corrected chi connectivity index (χ2v) is 11.1. The first-order valence-corrected chi connectivity index (χ1v) is 13.9. The zero-order valence-electron chi connectivity index (χ0n) is 22.1. The molecule has 2 aromatic heterocycles. The number of hydrogen-bond donors (Lipinski definition) is 0. The molecule has 0 aliphatic heterocycles. The van der Waals surface area contributed by atoms with E-state index in [1.165, 1.54) is 29.1 Å². The summed E-state index contributed by atoms with van der Waals surface area (Å²) in [5.41, 5.74) is 0.965. The molecule has 1 aliphatic carbocycles. The summed E-state index contributed by atoms with van der Waals surface area (Å²) in [6.45, 7) is -0.566. The number of halogens is 1. The van der Waals surface area contributed by atoms with Crippen LogP contribution in [0.15, 0.2) is 82.4 Å². The third-order valence-electron chi connectivity index (χ3n) is 7.35. The molecule has 1 aliphatic rings. The number of methoxy groups -OCH3 is 1. The lowest BCUT2D eigenvalue weighted by Gasteiger charge is -2.13. The highest BCUT2D eigenvalue weighted by atomic mass is 32.1. The Morgan fingerprint density at radius 3 is 2.49 bits per heavy atom. The summed E-state index contributed by atoms with van der Waals surface area (Å²) >= 11 is 1.37. The van der Waals surface area contributed by atoms with Crippen molar-refractivity contribution in [2.24, 2.45) is 0 Å². The topological polar surface area (TPSA) is 94.1 Å². The van der Waals surface area contributed by atoms with Gasteiger partial charge in [0.2, 0.25) is 0 Å². The van der Waals surface area contributed by atoms with Crippen molar-refractivity contribution in [2.75, 3.05) is 7.11 Å². The minimum absolute atomic E-state index is 0.122. The Labute approximate surface area is 238 Å². The van der Waals surface area contributed by atoms with Gasteiger partial charge in [-0.1, -0.05) is 30.3 Å². The molecule has 0 unspecified atom stereocenters. The smallest absolute Gasteiger partial charge is 0.332 e. The quantitative estimate of drug-likeness (QED) is 0.224. The van der Waals surface area contributed by atoms with E-state index in [2.05, 4.69) is 6.07 Å². The van der Waals surface area contributed by atoms with Crippen LogP contribution in [0.25, 0.3) is 21.3 Å². The van der Waals surface area contributed by atoms with Crippen molar-refractivity contribution in [3.63, 3.8) is 0 Å². The Morgan fingerprint density at radius 1 is 1.05 bits per heavy atom. The van der Waals surface area contributed by atoms with E-state index in [0.717, 1.165) is 22.3 Å². The number of ether oxygens (including phenoxy) is 1. The molecule has 0 atom stereocenters. The fraction of sp³-hybridized carbons (Fsp3) is 0.188. The Morgan fingerprint density at radius 2 is 1.80 bits per heavy atom. The first-order valence-electron chi connectivity index (χ1n) is 13.1. The molecule has 1 fully saturated rings. The minimum atomic E-state index is -0.674. The van der Waals surface area contributed by atoms with Crippen LogP contribution in [0.2, 0.25) is 0 Å². The van der Waals surface area contributed by atoms with E-state index in [4.69, 9.17) is 4.74 Å². The zero-order valence-corrected chi connectivity index (χ0v) is 22.9. The first-order chi connectivity index (χ1) is 19.9. The van der Waals surface area contributed by atoms with Gasteiger partial charge in [0, 0.05) is 16.0 Å². The minimum Gasteiger partial charge on any atom is -0.497 e. The Kier molecular flexibility index (Phi) is 6.85. The molecule has 0 N–H and O–H groups in total. The van der Waals surface area contributed by atoms with E-state index in [9.17, 15) is 19.6 Å². The highest BCUT2D eigenvalue weighted by molar-refractivity contribution is 7.18. The van der Waals surface area contributed by atoms with Gasteiger partial charge in [0.05, 0.1) is 37.2 Å². The Bertz CT molecular complexity index is 1980. The monoisotopic (exact) mass is 565 g/mol. The van der Waals surface area contributed by atoms with Crippen LogP contribution in [0.5, 0.6) is 5.75 Å². The summed E-state index contributed by atoms with van der Waals surface area (Å²) in [5.74, 6) is -0.0121. The van der Waals surface area contributed by atoms with Crippen LogP contribution in [0.3, 0.4) is 0 Å². The number of thiophene rings is 1. The summed E-state index contributed by atoms with van der Waals surface area (Å²) in [5, 5.41) is 9.79. The summed E-state index contributed by atoms with van der Waals surface area (Å²) in [6, 6.07) is 22.0. The molecule has 0 saturated heterocycles. The van der Waals surface area contributed by atoms with E-state index >= 15 is 4.39 Å². The maximum atomic E-state index is 15.5. The summed E-state index contributed by atoms with van der Waals surface area (Å²) < 4.78 is 22.9. The number of ketones is 1. The number of fused-ring (bicyclic) bond motifs is 1. The average Bonchev–Trinajstić information content (AvgIpc) is 3.76. The van der Waals surface area contributed by atoms with E-state index in [0.29, 0.717) is 44.1 Å². The van der Waals surface area contributed by atoms with Crippen molar-refractivity contribution < 1.29 is 13.9 Å². The van der Waals surface area contributed by atoms with Crippen LogP contribution < -0.4 is 16.0 Å². The third-order valence-corrected chi connectivity index (χ3v) is 8.67. The van der Waals surface area contributed by atoms with Crippen LogP contribution in [-0.2, 0) is 13.1 Å². The maximum absolute atomic E-state index is 15.5. The van der Waals surface area contributed by atoms with E-state index in [1.54, 1.807) is 60.7 Å². The molecule has 1 saturated carbocycles. The van der Waals surface area contributed by atoms with Gasteiger partial charge in [-0.05, 0) is 72.4 Å². The maximum Gasteiger partial charge on any atom is 0.332 e. The molecular weight excluding hydrogens is 541 g/mol. The van der Waals surface area contributed by atoms with Gasteiger partial charge in [-0.3, -0.25) is 18.7 Å². The fourth-order valence-electron chi connectivity index (χ4n) is 4.92. The van der Waals surface area contributed by atoms with Gasteiger partial charge < -0.3 is 4.74 Å². The predicted molar refractivity (Wildman–Crippen MR) is 155 cm³/mol. The van der Waals surface area contributed by atoms with Crippen molar-refractivity contribution >= 4 is 27.3 Å². The van der Waals surface area contributed by atoms with Gasteiger partial charge in [0.25, 0.3) is 5.56 Å². The first kappa shape index (κ1) is 26.4. The summed E-state index contributed by atoms with van der Waals surface area (Å²) in [4.78, 5) is 41.8. The molecule has 0 amide bonds. The highest BCUT2D eigenvalue weighted by Crippen LogP contribution is 2.44. The molecule has 204 valence electrons. The van der Waals surface area contributed by atoms with Gasteiger partial charge >= 0.3 is 5.69 Å². The largest absolute Gasteiger partial charge is 0.497 e. The number of nitriles is 1. The van der Waals surface area contributed by atoms with Gasteiger partial charge in [-0.2, -0.15) is 5.26 Å². The lowest BCUT2D eigenvalue weighted by atomic mass is 9.99. The normalized spacial score (nSPS) is 12.8. The summed E-state index contributed by atoms with van der Waals surface area (Å²) in [6.07, 6.45) is 2.03. The van der Waals surface area contributed by atoms with Crippen molar-refractivity contribution in [3.8, 4) is 22.9 Å². The van der Waals surface area contributed by atoms with Gasteiger partial charge in [-0.15, -0.1) is 11.3 Å². The predicted octanol–water partition coefficient (Wildman–Crippen LogP) is 5.72. The van der Waals surface area contributed by atoms with E-state index < -0.39 is 29.4 Å². The number of hydrogen-bond acceptors (Lipinski definition) is 6. The van der Waals surface area contributed by atoms with Crippen molar-refractivity contribution in [1.82, 2.24) is 9.13 Å². The molecule has 0 spiro atoms. The molecule has 41 heavy (non-hydrogen) atoms. The number of benzene rings is 3. The SMILES string of the molecule is COc1ccc(C(=O)Cn2c(=O)c3cc(C4CC4)sc3n(Cc3ccc(-c4ccccc4C#N)cc3F)c2=O)cc1. The molecular formula is C32H24FN3O4S. The molecule has 0 bridgehead atoms. The van der Waals surface area contributed by atoms with Gasteiger partial charge in [0.1, 0.15) is 16.4 Å². The number of nitrogens with zero attached hydrogens (tertiary/aromatic N) is 3. The van der Waals surface area contributed by atoms with Crippen molar-refractivity contribution in [2.45, 2.75) is 31.8 Å². The van der Waals surface area contributed by atoms with Crippen LogP contribution in [-0.4, -0.2) is 22.0 Å². The molecule has 2 heterocycles. The van der Waals surface area contributed by atoms with Gasteiger partial charge in [-0.25, -0.2) is 9.18 Å². The molecule has 3 aromatic carbocycles. The fourth-order valence-corrected chi connectivity index (χ4v) is 6.24. The lowest BCUT2D eigenvalue weighted by molar-refractivity contribution is 0.0969. The number of carbonyl (C=O) groups is 1. The Hall–Kier alpha value is -4.81. The number of Topliss-reactive ketones (excluding diaryl/α,β-unsaturated/α-hetero) is 1. The Balaban J connectivity index is 1.42. The zero-order chi connectivity index (χ0) is 28.7. The molecule has 7 nitrogen and oxygen atoms in total. The summed E-state index contributed by atoms with van der Waals surface area (Å²) in [7, 11) is 1.52.